The number of nitrogens with zero attached hydrogens (tertiary/aromatic N) is 1. The Labute approximate surface area is 215 Å². The van der Waals surface area contributed by atoms with Gasteiger partial charge in [0.05, 0.1) is 14.2 Å². The minimum atomic E-state index is -0.460. The highest BCUT2D eigenvalue weighted by molar-refractivity contribution is 6.04. The molecular formula is C29H29N3O5. The molecule has 190 valence electrons. The lowest BCUT2D eigenvalue weighted by Crippen LogP contribution is -2.26. The summed E-state index contributed by atoms with van der Waals surface area (Å²) in [4.78, 5) is 25.5. The summed E-state index contributed by atoms with van der Waals surface area (Å²) in [7, 11) is 3.07. The molecule has 2 N–H and O–H groups in total. The van der Waals surface area contributed by atoms with Gasteiger partial charge in [0, 0.05) is 28.4 Å². The fraction of sp³-hybridized carbons (Fsp3) is 0.207. The van der Waals surface area contributed by atoms with E-state index in [-0.39, 0.29) is 12.5 Å². The minimum absolute atomic E-state index is 0.169. The standard InChI is InChI=1S/C29H29N3O5/c1-29(2,18-37-28(34)23-17-30-32-26(23)19-8-6-5-7-9-19)21-11-13-22(14-12-21)31-27(33)20-10-15-24(35-3)25(16-20)36-4/h5-17H,18H2,1-4H3,(H,30,32)(H,31,33). The van der Waals surface area contributed by atoms with Gasteiger partial charge in [0.2, 0.25) is 0 Å². The van der Waals surface area contributed by atoms with E-state index in [1.54, 1.807) is 31.5 Å². The van der Waals surface area contributed by atoms with E-state index in [1.165, 1.54) is 7.11 Å². The second-order valence-electron chi connectivity index (χ2n) is 9.07. The van der Waals surface area contributed by atoms with Crippen LogP contribution >= 0.6 is 0 Å². The summed E-state index contributed by atoms with van der Waals surface area (Å²) in [5.41, 5.74) is 3.36. The first-order chi connectivity index (χ1) is 17.8. The number of rotatable bonds is 9. The van der Waals surface area contributed by atoms with Crippen molar-refractivity contribution in [1.29, 1.82) is 0 Å². The summed E-state index contributed by atoms with van der Waals surface area (Å²) in [6.07, 6.45) is 1.55. The third kappa shape index (κ3) is 5.81. The molecule has 8 heteroatoms. The van der Waals surface area contributed by atoms with Gasteiger partial charge in [0.25, 0.3) is 5.91 Å². The average molecular weight is 500 g/mol. The third-order valence-electron chi connectivity index (χ3n) is 6.04. The number of aromatic amines is 1. The number of esters is 1. The Morgan fingerprint density at radius 1 is 0.919 bits per heavy atom. The van der Waals surface area contributed by atoms with Crippen molar-refractivity contribution in [1.82, 2.24) is 10.2 Å². The van der Waals surface area contributed by atoms with Crippen molar-refractivity contribution < 1.29 is 23.8 Å². The van der Waals surface area contributed by atoms with Crippen LogP contribution in [0.3, 0.4) is 0 Å². The first kappa shape index (κ1) is 25.5. The van der Waals surface area contributed by atoms with Gasteiger partial charge in [-0.1, -0.05) is 56.3 Å². The first-order valence-electron chi connectivity index (χ1n) is 11.7. The van der Waals surface area contributed by atoms with E-state index >= 15 is 0 Å². The molecule has 8 nitrogen and oxygen atoms in total. The predicted octanol–water partition coefficient (Wildman–Crippen LogP) is 5.48. The van der Waals surface area contributed by atoms with E-state index in [0.29, 0.717) is 34.0 Å². The largest absolute Gasteiger partial charge is 0.493 e. The fourth-order valence-corrected chi connectivity index (χ4v) is 3.85. The van der Waals surface area contributed by atoms with Crippen LogP contribution in [0.25, 0.3) is 11.3 Å². The lowest BCUT2D eigenvalue weighted by Gasteiger charge is -2.25. The maximum absolute atomic E-state index is 12.8. The van der Waals surface area contributed by atoms with Gasteiger partial charge >= 0.3 is 5.97 Å². The minimum Gasteiger partial charge on any atom is -0.493 e. The summed E-state index contributed by atoms with van der Waals surface area (Å²) in [6, 6.07) is 21.9. The molecule has 0 saturated heterocycles. The average Bonchev–Trinajstić information content (AvgIpc) is 3.42. The first-order valence-corrected chi connectivity index (χ1v) is 11.7. The number of anilines is 1. The molecule has 1 amide bonds. The van der Waals surface area contributed by atoms with Crippen LogP contribution in [0.4, 0.5) is 5.69 Å². The zero-order chi connectivity index (χ0) is 26.4. The second-order valence-corrected chi connectivity index (χ2v) is 9.07. The monoisotopic (exact) mass is 499 g/mol. The number of aromatic nitrogens is 2. The molecule has 0 atom stereocenters. The van der Waals surface area contributed by atoms with Crippen LogP contribution in [0.2, 0.25) is 0 Å². The van der Waals surface area contributed by atoms with Crippen molar-refractivity contribution in [2.45, 2.75) is 19.3 Å². The summed E-state index contributed by atoms with van der Waals surface area (Å²) < 4.78 is 16.2. The van der Waals surface area contributed by atoms with Crippen molar-refractivity contribution in [3.05, 3.63) is 95.7 Å². The number of benzene rings is 3. The molecule has 0 fully saturated rings. The molecule has 0 radical (unpaired) electrons. The molecular weight excluding hydrogens is 470 g/mol. The molecule has 0 saturated carbocycles. The van der Waals surface area contributed by atoms with Crippen LogP contribution in [0.15, 0.2) is 79.0 Å². The smallest absolute Gasteiger partial charge is 0.342 e. The van der Waals surface area contributed by atoms with Gasteiger partial charge in [0.15, 0.2) is 11.5 Å². The van der Waals surface area contributed by atoms with Crippen LogP contribution in [-0.4, -0.2) is 42.9 Å². The molecule has 1 aromatic heterocycles. The van der Waals surface area contributed by atoms with Gasteiger partial charge in [-0.15, -0.1) is 0 Å². The number of H-pyrrole nitrogens is 1. The van der Waals surface area contributed by atoms with Gasteiger partial charge < -0.3 is 19.5 Å². The number of carbonyl (C=O) groups excluding carboxylic acids is 2. The number of hydrogen-bond donors (Lipinski definition) is 2. The normalized spacial score (nSPS) is 11.0. The molecule has 0 spiro atoms. The maximum Gasteiger partial charge on any atom is 0.342 e. The number of ether oxygens (including phenoxy) is 3. The van der Waals surface area contributed by atoms with Gasteiger partial charge in [-0.2, -0.15) is 5.10 Å². The predicted molar refractivity (Wildman–Crippen MR) is 141 cm³/mol. The molecule has 0 aliphatic rings. The van der Waals surface area contributed by atoms with E-state index in [0.717, 1.165) is 11.1 Å². The summed E-state index contributed by atoms with van der Waals surface area (Å²) in [5, 5.41) is 9.85. The quantitative estimate of drug-likeness (QED) is 0.296. The van der Waals surface area contributed by atoms with E-state index in [4.69, 9.17) is 14.2 Å². The summed E-state index contributed by atoms with van der Waals surface area (Å²) in [6.45, 7) is 4.15. The molecule has 3 aromatic carbocycles. The van der Waals surface area contributed by atoms with Gasteiger partial charge in [0.1, 0.15) is 17.9 Å². The van der Waals surface area contributed by atoms with Crippen LogP contribution in [0, 0.1) is 0 Å². The van der Waals surface area contributed by atoms with Crippen molar-refractivity contribution >= 4 is 17.6 Å². The van der Waals surface area contributed by atoms with Crippen LogP contribution in [0.5, 0.6) is 11.5 Å². The number of nitrogens with one attached hydrogen (secondary N) is 2. The zero-order valence-corrected chi connectivity index (χ0v) is 21.2. The van der Waals surface area contributed by atoms with Crippen molar-refractivity contribution in [2.24, 2.45) is 0 Å². The van der Waals surface area contributed by atoms with Crippen molar-refractivity contribution in [3.63, 3.8) is 0 Å². The highest BCUT2D eigenvalue weighted by Gasteiger charge is 2.25. The van der Waals surface area contributed by atoms with Crippen molar-refractivity contribution in [2.75, 3.05) is 26.1 Å². The maximum atomic E-state index is 12.8. The van der Waals surface area contributed by atoms with Crippen molar-refractivity contribution in [3.8, 4) is 22.8 Å². The number of hydrogen-bond acceptors (Lipinski definition) is 6. The number of methoxy groups -OCH3 is 2. The number of carbonyl (C=O) groups is 2. The molecule has 37 heavy (non-hydrogen) atoms. The van der Waals surface area contributed by atoms with Gasteiger partial charge in [-0.05, 0) is 35.9 Å². The summed E-state index contributed by atoms with van der Waals surface area (Å²) in [5.74, 6) is 0.319. The Balaban J connectivity index is 1.39. The topological polar surface area (TPSA) is 103 Å². The Morgan fingerprint density at radius 2 is 1.62 bits per heavy atom. The Hall–Kier alpha value is -4.59. The highest BCUT2D eigenvalue weighted by atomic mass is 16.5. The molecule has 0 aliphatic heterocycles. The highest BCUT2D eigenvalue weighted by Crippen LogP contribution is 2.29. The third-order valence-corrected chi connectivity index (χ3v) is 6.04. The van der Waals surface area contributed by atoms with E-state index < -0.39 is 11.4 Å². The lowest BCUT2D eigenvalue weighted by molar-refractivity contribution is 0.0428. The van der Waals surface area contributed by atoms with Gasteiger partial charge in [-0.3, -0.25) is 9.89 Å². The van der Waals surface area contributed by atoms with E-state index in [1.807, 2.05) is 68.4 Å². The van der Waals surface area contributed by atoms with E-state index in [2.05, 4.69) is 15.5 Å². The molecule has 4 aromatic rings. The molecule has 4 rings (SSSR count). The molecule has 0 unspecified atom stereocenters. The Morgan fingerprint density at radius 3 is 2.30 bits per heavy atom. The number of amides is 1. The van der Waals surface area contributed by atoms with E-state index in [9.17, 15) is 9.59 Å². The molecule has 0 aliphatic carbocycles. The SMILES string of the molecule is COc1ccc(C(=O)Nc2ccc(C(C)(C)COC(=O)c3c[nH]nc3-c3ccccc3)cc2)cc1OC. The second kappa shape index (κ2) is 11.0. The van der Waals surface area contributed by atoms with Gasteiger partial charge in [-0.25, -0.2) is 4.79 Å². The van der Waals surface area contributed by atoms with Crippen LogP contribution < -0.4 is 14.8 Å². The van der Waals surface area contributed by atoms with Crippen LogP contribution in [0.1, 0.15) is 40.1 Å². The Kier molecular flexibility index (Phi) is 7.57. The van der Waals surface area contributed by atoms with Crippen LogP contribution in [-0.2, 0) is 10.2 Å². The zero-order valence-electron chi connectivity index (χ0n) is 21.2. The fourth-order valence-electron chi connectivity index (χ4n) is 3.85. The molecule has 0 bridgehead atoms. The summed E-state index contributed by atoms with van der Waals surface area (Å²) >= 11 is 0. The molecule has 1 heterocycles. The Bertz CT molecular complexity index is 1380. The lowest BCUT2D eigenvalue weighted by atomic mass is 9.85.